The number of pyridine rings is 1. The van der Waals surface area contributed by atoms with Gasteiger partial charge in [0.2, 0.25) is 5.43 Å². The summed E-state index contributed by atoms with van der Waals surface area (Å²) in [7, 11) is 0. The number of carbonyl (C=O) groups excluding carboxylic acids is 2. The molecule has 1 saturated heterocycles. The fourth-order valence-corrected chi connectivity index (χ4v) is 4.19. The predicted octanol–water partition coefficient (Wildman–Crippen LogP) is 1.44. The molecule has 11 heteroatoms. The van der Waals surface area contributed by atoms with E-state index in [2.05, 4.69) is 5.32 Å². The fourth-order valence-electron chi connectivity index (χ4n) is 4.19. The SMILES string of the molecule is O=C(NCc1c(F)cc(F)cc1F)c1cn2c(c(O)c1=O)C(=O)N1CCC[C@@H](O)C[C@H]2C1. The van der Waals surface area contributed by atoms with Crippen LogP contribution in [-0.4, -0.2) is 50.7 Å². The first-order chi connectivity index (χ1) is 15.2. The molecule has 0 saturated carbocycles. The number of benzene rings is 1. The van der Waals surface area contributed by atoms with E-state index in [0.717, 1.165) is 6.20 Å². The van der Waals surface area contributed by atoms with Gasteiger partial charge in [-0.1, -0.05) is 0 Å². The number of carbonyl (C=O) groups is 2. The number of aromatic hydroxyl groups is 1. The van der Waals surface area contributed by atoms with Gasteiger partial charge < -0.3 is 25.0 Å². The maximum atomic E-state index is 13.8. The van der Waals surface area contributed by atoms with Crippen molar-refractivity contribution in [1.29, 1.82) is 0 Å². The molecule has 2 bridgehead atoms. The number of aliphatic hydroxyl groups is 1. The van der Waals surface area contributed by atoms with Crippen LogP contribution in [0.3, 0.4) is 0 Å². The third-order valence-corrected chi connectivity index (χ3v) is 5.81. The van der Waals surface area contributed by atoms with Gasteiger partial charge in [0, 0.05) is 43.5 Å². The maximum absolute atomic E-state index is 13.8. The molecule has 3 heterocycles. The van der Waals surface area contributed by atoms with E-state index in [1.807, 2.05) is 0 Å². The van der Waals surface area contributed by atoms with Crippen LogP contribution in [0.5, 0.6) is 5.75 Å². The topological polar surface area (TPSA) is 112 Å². The van der Waals surface area contributed by atoms with Crippen LogP contribution >= 0.6 is 0 Å². The maximum Gasteiger partial charge on any atom is 0.274 e. The average Bonchev–Trinajstić information content (AvgIpc) is 2.70. The number of hydrogen-bond acceptors (Lipinski definition) is 5. The normalized spacial score (nSPS) is 20.4. The van der Waals surface area contributed by atoms with Crippen molar-refractivity contribution in [2.24, 2.45) is 0 Å². The second-order valence-corrected chi connectivity index (χ2v) is 7.94. The molecule has 1 fully saturated rings. The Morgan fingerprint density at radius 2 is 1.88 bits per heavy atom. The third-order valence-electron chi connectivity index (χ3n) is 5.81. The average molecular weight is 451 g/mol. The molecule has 170 valence electrons. The number of halogens is 3. The number of aliphatic hydroxyl groups excluding tert-OH is 1. The zero-order chi connectivity index (χ0) is 23.2. The van der Waals surface area contributed by atoms with Gasteiger partial charge in [-0.2, -0.15) is 0 Å². The van der Waals surface area contributed by atoms with Crippen LogP contribution in [0.4, 0.5) is 13.2 Å². The summed E-state index contributed by atoms with van der Waals surface area (Å²) >= 11 is 0. The first-order valence-corrected chi connectivity index (χ1v) is 10.0. The summed E-state index contributed by atoms with van der Waals surface area (Å²) in [6.07, 6.45) is 1.74. The second-order valence-electron chi connectivity index (χ2n) is 7.94. The molecule has 32 heavy (non-hydrogen) atoms. The molecular weight excluding hydrogens is 431 g/mol. The number of amides is 2. The lowest BCUT2D eigenvalue weighted by atomic mass is 9.97. The van der Waals surface area contributed by atoms with Crippen LogP contribution in [-0.2, 0) is 6.54 Å². The Morgan fingerprint density at radius 1 is 1.19 bits per heavy atom. The molecule has 2 aliphatic rings. The Labute approximate surface area is 179 Å². The van der Waals surface area contributed by atoms with Crippen molar-refractivity contribution in [3.05, 3.63) is 62.8 Å². The molecule has 0 aliphatic carbocycles. The van der Waals surface area contributed by atoms with Gasteiger partial charge in [0.1, 0.15) is 23.0 Å². The Kier molecular flexibility index (Phi) is 5.68. The van der Waals surface area contributed by atoms with Gasteiger partial charge in [-0.25, -0.2) is 13.2 Å². The summed E-state index contributed by atoms with van der Waals surface area (Å²) in [4.78, 5) is 39.5. The summed E-state index contributed by atoms with van der Waals surface area (Å²) in [6, 6.07) is 0.436. The van der Waals surface area contributed by atoms with Gasteiger partial charge in [-0.05, 0) is 19.3 Å². The second kappa shape index (κ2) is 8.30. The van der Waals surface area contributed by atoms with Crippen molar-refractivity contribution in [2.45, 2.75) is 38.0 Å². The molecule has 0 spiro atoms. The quantitative estimate of drug-likeness (QED) is 0.654. The lowest BCUT2D eigenvalue weighted by Gasteiger charge is -2.39. The Balaban J connectivity index is 1.68. The third kappa shape index (κ3) is 3.83. The summed E-state index contributed by atoms with van der Waals surface area (Å²) in [5.41, 5.74) is -2.52. The predicted molar refractivity (Wildman–Crippen MR) is 105 cm³/mol. The highest BCUT2D eigenvalue weighted by Gasteiger charge is 2.37. The van der Waals surface area contributed by atoms with E-state index < -0.39 is 70.3 Å². The fraction of sp³-hybridized carbons (Fsp3) is 0.381. The van der Waals surface area contributed by atoms with Crippen LogP contribution in [0, 0.1) is 17.5 Å². The number of rotatable bonds is 3. The summed E-state index contributed by atoms with van der Waals surface area (Å²) < 4.78 is 42.0. The monoisotopic (exact) mass is 451 g/mol. The highest BCUT2D eigenvalue weighted by Crippen LogP contribution is 2.31. The highest BCUT2D eigenvalue weighted by atomic mass is 19.1. The van der Waals surface area contributed by atoms with Gasteiger partial charge in [-0.3, -0.25) is 14.4 Å². The molecule has 2 aliphatic heterocycles. The molecule has 0 unspecified atom stereocenters. The first kappa shape index (κ1) is 21.9. The van der Waals surface area contributed by atoms with Crippen LogP contribution in [0.2, 0.25) is 0 Å². The summed E-state index contributed by atoms with van der Waals surface area (Å²) in [5, 5.41) is 22.8. The molecule has 1 aromatic heterocycles. The van der Waals surface area contributed by atoms with Gasteiger partial charge >= 0.3 is 0 Å². The molecule has 2 aromatic rings. The zero-order valence-electron chi connectivity index (χ0n) is 16.8. The van der Waals surface area contributed by atoms with Crippen LogP contribution in [0.15, 0.2) is 23.1 Å². The molecule has 8 nitrogen and oxygen atoms in total. The van der Waals surface area contributed by atoms with Crippen molar-refractivity contribution in [2.75, 3.05) is 13.1 Å². The number of aromatic nitrogens is 1. The van der Waals surface area contributed by atoms with E-state index in [0.29, 0.717) is 31.5 Å². The van der Waals surface area contributed by atoms with Crippen molar-refractivity contribution in [3.63, 3.8) is 0 Å². The first-order valence-electron chi connectivity index (χ1n) is 10.0. The molecule has 2 atom stereocenters. The Morgan fingerprint density at radius 3 is 2.56 bits per heavy atom. The number of nitrogens with one attached hydrogen (secondary N) is 1. The van der Waals surface area contributed by atoms with Crippen LogP contribution in [0.25, 0.3) is 0 Å². The molecular formula is C21H20F3N3O5. The zero-order valence-corrected chi connectivity index (χ0v) is 16.8. The molecule has 3 N–H and O–H groups in total. The van der Waals surface area contributed by atoms with Gasteiger partial charge in [0.05, 0.1) is 12.1 Å². The van der Waals surface area contributed by atoms with Crippen molar-refractivity contribution < 1.29 is 33.0 Å². The number of nitrogens with zero attached hydrogens (tertiary/aromatic N) is 2. The smallest absolute Gasteiger partial charge is 0.274 e. The number of hydrogen-bond donors (Lipinski definition) is 3. The van der Waals surface area contributed by atoms with E-state index in [4.69, 9.17) is 0 Å². The van der Waals surface area contributed by atoms with Crippen LogP contribution < -0.4 is 10.7 Å². The Hall–Kier alpha value is -3.34. The summed E-state index contributed by atoms with van der Waals surface area (Å²) in [6.45, 7) is -0.0804. The van der Waals surface area contributed by atoms with E-state index in [9.17, 15) is 37.8 Å². The van der Waals surface area contributed by atoms with Gasteiger partial charge in [0.25, 0.3) is 11.8 Å². The minimum absolute atomic E-state index is 0.234. The van der Waals surface area contributed by atoms with Gasteiger partial charge in [0.15, 0.2) is 11.4 Å². The molecule has 0 radical (unpaired) electrons. The van der Waals surface area contributed by atoms with Gasteiger partial charge in [-0.15, -0.1) is 0 Å². The minimum Gasteiger partial charge on any atom is -0.503 e. The summed E-state index contributed by atoms with van der Waals surface area (Å²) in [5.74, 6) is -6.04. The minimum atomic E-state index is -1.21. The van der Waals surface area contributed by atoms with E-state index in [-0.39, 0.29) is 18.7 Å². The van der Waals surface area contributed by atoms with Crippen molar-refractivity contribution in [1.82, 2.24) is 14.8 Å². The Bertz CT molecular complexity index is 1140. The van der Waals surface area contributed by atoms with Crippen LogP contribution in [0.1, 0.15) is 51.7 Å². The lowest BCUT2D eigenvalue weighted by molar-refractivity contribution is 0.0503. The van der Waals surface area contributed by atoms with Crippen molar-refractivity contribution >= 4 is 11.8 Å². The van der Waals surface area contributed by atoms with E-state index in [1.54, 1.807) is 0 Å². The lowest BCUT2D eigenvalue weighted by Crippen LogP contribution is -2.47. The molecule has 2 amide bonds. The highest BCUT2D eigenvalue weighted by molar-refractivity contribution is 5.99. The largest absolute Gasteiger partial charge is 0.503 e. The van der Waals surface area contributed by atoms with Crippen molar-refractivity contribution in [3.8, 4) is 5.75 Å². The standard InChI is InChI=1S/C21H20F3N3O5/c22-10-4-15(23)13(16(24)5-10)7-25-20(31)14-9-27-11-6-12(28)2-1-3-26(8-11)21(32)17(27)19(30)18(14)29/h4-5,9,11-12,28,30H,1-3,6-8H2,(H,25,31)/t11-,12+/m0/s1. The van der Waals surface area contributed by atoms with E-state index >= 15 is 0 Å². The molecule has 1 aromatic carbocycles. The number of fused-ring (bicyclic) bond motifs is 4. The molecule has 4 rings (SSSR count). The van der Waals surface area contributed by atoms with E-state index in [1.165, 1.54) is 9.47 Å².